The topological polar surface area (TPSA) is 207 Å². The number of rotatable bonds is 12. The molecule has 8 atom stereocenters. The first kappa shape index (κ1) is 36.6. The standard InChI is InChI=1S/C11H26N4O.C8H20N2.C5H14N2/c1-7(12)5-9(3)14-11(16)15-10(4)6-8(2)13;1-6(4-7(2)9)5-8(3)10;1-4(6)3-5(2)7/h7-10H,5-6,12-13H2,1-4H3,(H2,14,15,16);6-8H,4-5,9-10H2,1-3H3;4-5H,3,6-7H2,1-2H3/p+6. The molecule has 0 aliphatic heterocycles. The first-order valence-electron chi connectivity index (χ1n) is 13.0. The van der Waals surface area contributed by atoms with Crippen LogP contribution in [0.1, 0.15) is 94.4 Å². The van der Waals surface area contributed by atoms with Crippen LogP contribution in [0.3, 0.4) is 0 Å². The summed E-state index contributed by atoms with van der Waals surface area (Å²) in [6.07, 6.45) is 5.40. The quantitative estimate of drug-likeness (QED) is 0.148. The second-order valence-corrected chi connectivity index (χ2v) is 11.3. The second kappa shape index (κ2) is 21.6. The summed E-state index contributed by atoms with van der Waals surface area (Å²) < 4.78 is 0. The van der Waals surface area contributed by atoms with Crippen LogP contribution in [0.25, 0.3) is 0 Å². The fourth-order valence-corrected chi connectivity index (χ4v) is 3.97. The highest BCUT2D eigenvalue weighted by molar-refractivity contribution is 5.74. The van der Waals surface area contributed by atoms with Gasteiger partial charge >= 0.3 is 6.03 Å². The highest BCUT2D eigenvalue weighted by atomic mass is 16.2. The minimum atomic E-state index is -0.0960. The van der Waals surface area contributed by atoms with Gasteiger partial charge < -0.3 is 45.0 Å². The second-order valence-electron chi connectivity index (χ2n) is 11.3. The van der Waals surface area contributed by atoms with Gasteiger partial charge in [0.25, 0.3) is 0 Å². The molecular formula is C24H66N8O+6. The molecule has 0 heterocycles. The maximum Gasteiger partial charge on any atom is 0.315 e. The molecule has 202 valence electrons. The molecule has 0 aromatic rings. The van der Waals surface area contributed by atoms with E-state index < -0.39 is 0 Å². The molecule has 9 heteroatoms. The van der Waals surface area contributed by atoms with Crippen LogP contribution in [0.5, 0.6) is 0 Å². The van der Waals surface area contributed by atoms with Crippen molar-refractivity contribution in [1.82, 2.24) is 10.6 Å². The van der Waals surface area contributed by atoms with Gasteiger partial charge in [-0.15, -0.1) is 0 Å². The molecule has 0 saturated heterocycles. The minimum absolute atomic E-state index is 0.0960. The van der Waals surface area contributed by atoms with Gasteiger partial charge in [0.1, 0.15) is 0 Å². The summed E-state index contributed by atoms with van der Waals surface area (Å²) in [6, 6.07) is 3.25. The van der Waals surface area contributed by atoms with Crippen LogP contribution in [0.15, 0.2) is 0 Å². The molecule has 0 aliphatic rings. The average molecular weight is 483 g/mol. The van der Waals surface area contributed by atoms with Gasteiger partial charge in [-0.2, -0.15) is 0 Å². The number of carbonyl (C=O) groups excluding carboxylic acids is 1. The zero-order valence-electron chi connectivity index (χ0n) is 23.9. The van der Waals surface area contributed by atoms with E-state index >= 15 is 0 Å². The number of urea groups is 1. The summed E-state index contributed by atoms with van der Waals surface area (Å²) in [6.45, 7) is 18.9. The van der Waals surface area contributed by atoms with Crippen molar-refractivity contribution in [3.05, 3.63) is 0 Å². The number of quaternary nitrogens is 6. The largest absolute Gasteiger partial charge is 0.355 e. The number of nitrogens with one attached hydrogen (secondary N) is 2. The third-order valence-corrected chi connectivity index (χ3v) is 4.68. The van der Waals surface area contributed by atoms with E-state index in [-0.39, 0.29) is 18.1 Å². The van der Waals surface area contributed by atoms with Crippen LogP contribution in [-0.2, 0) is 0 Å². The molecule has 0 saturated carbocycles. The summed E-state index contributed by atoms with van der Waals surface area (Å²) in [5, 5.41) is 5.81. The Labute approximate surface area is 204 Å². The summed E-state index contributed by atoms with van der Waals surface area (Å²) in [5.74, 6) is 0.792. The number of hydrogen-bond donors (Lipinski definition) is 8. The molecule has 33 heavy (non-hydrogen) atoms. The van der Waals surface area contributed by atoms with Gasteiger partial charge in [0, 0.05) is 37.8 Å². The average Bonchev–Trinajstić information content (AvgIpc) is 2.50. The molecule has 9 nitrogen and oxygen atoms in total. The minimum Gasteiger partial charge on any atom is -0.355 e. The van der Waals surface area contributed by atoms with Crippen molar-refractivity contribution in [2.45, 2.75) is 143 Å². The molecule has 0 aliphatic carbocycles. The Morgan fingerprint density at radius 2 is 0.727 bits per heavy atom. The van der Waals surface area contributed by atoms with Gasteiger partial charge in [0.05, 0.1) is 42.7 Å². The Kier molecular flexibility index (Phi) is 23.9. The summed E-state index contributed by atoms with van der Waals surface area (Å²) in [7, 11) is 0. The number of amides is 2. The molecule has 0 bridgehead atoms. The van der Waals surface area contributed by atoms with Crippen LogP contribution in [0, 0.1) is 5.92 Å². The Balaban J connectivity index is -0.000000451. The fourth-order valence-electron chi connectivity index (χ4n) is 3.97. The van der Waals surface area contributed by atoms with Crippen molar-refractivity contribution < 1.29 is 39.2 Å². The van der Waals surface area contributed by atoms with Gasteiger partial charge in [-0.25, -0.2) is 4.79 Å². The maximum absolute atomic E-state index is 11.6. The summed E-state index contributed by atoms with van der Waals surface area (Å²) >= 11 is 0. The van der Waals surface area contributed by atoms with E-state index in [0.717, 1.165) is 25.2 Å². The van der Waals surface area contributed by atoms with E-state index in [1.54, 1.807) is 0 Å². The Morgan fingerprint density at radius 1 is 0.485 bits per heavy atom. The molecular weight excluding hydrogens is 416 g/mol. The van der Waals surface area contributed by atoms with Crippen molar-refractivity contribution >= 4 is 6.03 Å². The Morgan fingerprint density at radius 3 is 0.909 bits per heavy atom. The van der Waals surface area contributed by atoms with E-state index in [2.05, 4.69) is 79.7 Å². The van der Waals surface area contributed by atoms with Crippen molar-refractivity contribution in [3.63, 3.8) is 0 Å². The SMILES string of the molecule is CC([NH3+])CC(C)CC(C)[NH3+].CC([NH3+])CC(C)NC(=O)NC(C)CC(C)[NH3+].CC([NH3+])CC(C)[NH3+]. The molecule has 0 aromatic heterocycles. The predicted molar refractivity (Wildman–Crippen MR) is 137 cm³/mol. The van der Waals surface area contributed by atoms with Crippen LogP contribution >= 0.6 is 0 Å². The van der Waals surface area contributed by atoms with Crippen molar-refractivity contribution in [2.75, 3.05) is 0 Å². The lowest BCUT2D eigenvalue weighted by atomic mass is 9.97. The van der Waals surface area contributed by atoms with Gasteiger partial charge in [0.2, 0.25) is 0 Å². The smallest absolute Gasteiger partial charge is 0.315 e. The third-order valence-electron chi connectivity index (χ3n) is 4.68. The maximum atomic E-state index is 11.6. The monoisotopic (exact) mass is 483 g/mol. The normalized spacial score (nSPS) is 19.0. The van der Waals surface area contributed by atoms with Crippen LogP contribution in [-0.4, -0.2) is 54.4 Å². The summed E-state index contributed by atoms with van der Waals surface area (Å²) in [4.78, 5) is 11.6. The molecule has 0 radical (unpaired) electrons. The first-order chi connectivity index (χ1) is 15.0. The lowest BCUT2D eigenvalue weighted by molar-refractivity contribution is -0.458. The van der Waals surface area contributed by atoms with E-state index in [1.165, 1.54) is 12.8 Å². The zero-order chi connectivity index (χ0) is 26.7. The van der Waals surface area contributed by atoms with E-state index in [1.807, 2.05) is 27.7 Å². The fraction of sp³-hybridized carbons (Fsp3) is 0.958. The molecule has 0 aromatic carbocycles. The predicted octanol–water partition coefficient (Wildman–Crippen LogP) is -2.60. The Hall–Kier alpha value is -0.970. The van der Waals surface area contributed by atoms with Crippen molar-refractivity contribution in [1.29, 1.82) is 0 Å². The molecule has 0 fully saturated rings. The third kappa shape index (κ3) is 35.8. The van der Waals surface area contributed by atoms with Gasteiger partial charge in [-0.05, 0) is 61.3 Å². The molecule has 0 spiro atoms. The summed E-state index contributed by atoms with van der Waals surface area (Å²) in [5.41, 5.74) is 23.4. The van der Waals surface area contributed by atoms with Gasteiger partial charge in [-0.3, -0.25) is 0 Å². The van der Waals surface area contributed by atoms with Crippen molar-refractivity contribution in [2.24, 2.45) is 5.92 Å². The van der Waals surface area contributed by atoms with Gasteiger partial charge in [-0.1, -0.05) is 6.92 Å². The van der Waals surface area contributed by atoms with E-state index in [0.29, 0.717) is 36.3 Å². The molecule has 20 N–H and O–H groups in total. The first-order valence-corrected chi connectivity index (χ1v) is 13.0. The molecule has 2 amide bonds. The molecule has 0 rings (SSSR count). The zero-order valence-corrected chi connectivity index (χ0v) is 23.9. The number of carbonyl (C=O) groups is 1. The van der Waals surface area contributed by atoms with E-state index in [4.69, 9.17) is 0 Å². The lowest BCUT2D eigenvalue weighted by Crippen LogP contribution is -2.67. The highest BCUT2D eigenvalue weighted by Gasteiger charge is 2.14. The van der Waals surface area contributed by atoms with Crippen LogP contribution < -0.4 is 45.0 Å². The Bertz CT molecular complexity index is 406. The van der Waals surface area contributed by atoms with Gasteiger partial charge in [0.15, 0.2) is 0 Å². The molecule has 8 unspecified atom stereocenters. The highest BCUT2D eigenvalue weighted by Crippen LogP contribution is 2.09. The number of hydrogen-bond acceptors (Lipinski definition) is 1. The van der Waals surface area contributed by atoms with Crippen LogP contribution in [0.2, 0.25) is 0 Å². The lowest BCUT2D eigenvalue weighted by Gasteiger charge is -2.18. The van der Waals surface area contributed by atoms with E-state index in [9.17, 15) is 4.79 Å². The van der Waals surface area contributed by atoms with Crippen LogP contribution in [0.4, 0.5) is 4.79 Å². The van der Waals surface area contributed by atoms with Crippen molar-refractivity contribution in [3.8, 4) is 0 Å².